The molecule has 0 saturated carbocycles. The van der Waals surface area contributed by atoms with E-state index in [1.807, 2.05) is 17.2 Å². The van der Waals surface area contributed by atoms with Gasteiger partial charge in [-0.25, -0.2) is 4.98 Å². The predicted octanol–water partition coefficient (Wildman–Crippen LogP) is 2.43. The van der Waals surface area contributed by atoms with Crippen LogP contribution in [0.2, 0.25) is 0 Å². The molecule has 3 heterocycles. The molecule has 2 aromatic rings. The van der Waals surface area contributed by atoms with Gasteiger partial charge in [0.05, 0.1) is 23.9 Å². The van der Waals surface area contributed by atoms with Gasteiger partial charge in [0, 0.05) is 24.5 Å². The van der Waals surface area contributed by atoms with E-state index in [2.05, 4.69) is 10.3 Å². The maximum absolute atomic E-state index is 12.5. The number of nitrogens with one attached hydrogen (secondary N) is 1. The van der Waals surface area contributed by atoms with Gasteiger partial charge in [-0.3, -0.25) is 14.9 Å². The first-order valence-corrected chi connectivity index (χ1v) is 9.65. The zero-order valence-corrected chi connectivity index (χ0v) is 15.8. The van der Waals surface area contributed by atoms with E-state index < -0.39 is 0 Å². The van der Waals surface area contributed by atoms with Crippen LogP contribution in [0.1, 0.15) is 41.6 Å². The lowest BCUT2D eigenvalue weighted by Crippen LogP contribution is -2.43. The van der Waals surface area contributed by atoms with Crippen LogP contribution in [0.3, 0.4) is 0 Å². The molecule has 1 unspecified atom stereocenters. The van der Waals surface area contributed by atoms with Crippen molar-refractivity contribution in [1.29, 1.82) is 0 Å². The number of carbonyl (C=O) groups is 2. The van der Waals surface area contributed by atoms with Crippen molar-refractivity contribution < 1.29 is 14.0 Å². The van der Waals surface area contributed by atoms with Crippen molar-refractivity contribution in [2.45, 2.75) is 39.2 Å². The Balaban J connectivity index is 1.53. The molecule has 0 spiro atoms. The van der Waals surface area contributed by atoms with Gasteiger partial charge in [0.2, 0.25) is 5.91 Å². The number of likely N-dealkylation sites (tertiary alicyclic amines) is 1. The Morgan fingerprint density at radius 2 is 2.19 bits per heavy atom. The SMILES string of the molecule is Cc1occc1C(=O)Nc1nc(CC(=O)N2CCC(C(C)N)CC2)cs1. The van der Waals surface area contributed by atoms with E-state index in [1.54, 1.807) is 13.0 Å². The Bertz CT molecular complexity index is 775. The van der Waals surface area contributed by atoms with Gasteiger partial charge >= 0.3 is 0 Å². The highest BCUT2D eigenvalue weighted by Gasteiger charge is 2.25. The number of hydrogen-bond donors (Lipinski definition) is 2. The van der Waals surface area contributed by atoms with Gasteiger partial charge in [-0.1, -0.05) is 0 Å². The van der Waals surface area contributed by atoms with Gasteiger partial charge < -0.3 is 15.1 Å². The van der Waals surface area contributed by atoms with E-state index in [1.165, 1.54) is 17.6 Å². The second kappa shape index (κ2) is 8.01. The summed E-state index contributed by atoms with van der Waals surface area (Å²) in [6.07, 6.45) is 3.63. The summed E-state index contributed by atoms with van der Waals surface area (Å²) >= 11 is 1.31. The molecular formula is C18H24N4O3S. The minimum Gasteiger partial charge on any atom is -0.469 e. The van der Waals surface area contributed by atoms with Crippen LogP contribution in [0.4, 0.5) is 5.13 Å². The molecule has 2 aromatic heterocycles. The fourth-order valence-corrected chi connectivity index (χ4v) is 3.88. The number of carbonyl (C=O) groups excluding carboxylic acids is 2. The van der Waals surface area contributed by atoms with E-state index in [4.69, 9.17) is 10.2 Å². The Hall–Kier alpha value is -2.19. The molecular weight excluding hydrogens is 352 g/mol. The third kappa shape index (κ3) is 4.31. The summed E-state index contributed by atoms with van der Waals surface area (Å²) in [7, 11) is 0. The average Bonchev–Trinajstić information content (AvgIpc) is 3.23. The number of amides is 2. The minimum atomic E-state index is -0.263. The largest absolute Gasteiger partial charge is 0.469 e. The second-order valence-electron chi connectivity index (χ2n) is 6.74. The van der Waals surface area contributed by atoms with Crippen LogP contribution in [0, 0.1) is 12.8 Å². The summed E-state index contributed by atoms with van der Waals surface area (Å²) in [5, 5.41) is 5.04. The van der Waals surface area contributed by atoms with Crippen LogP contribution < -0.4 is 11.1 Å². The Labute approximate surface area is 156 Å². The fourth-order valence-electron chi connectivity index (χ4n) is 3.17. The number of rotatable bonds is 5. The summed E-state index contributed by atoms with van der Waals surface area (Å²) < 4.78 is 5.13. The lowest BCUT2D eigenvalue weighted by molar-refractivity contribution is -0.132. The second-order valence-corrected chi connectivity index (χ2v) is 7.60. The number of piperidine rings is 1. The first kappa shape index (κ1) is 18.6. The van der Waals surface area contributed by atoms with Crippen LogP contribution in [0.15, 0.2) is 22.1 Å². The monoisotopic (exact) mass is 376 g/mol. The molecule has 26 heavy (non-hydrogen) atoms. The van der Waals surface area contributed by atoms with E-state index in [9.17, 15) is 9.59 Å². The lowest BCUT2D eigenvalue weighted by atomic mass is 9.91. The standard InChI is InChI=1S/C18H24N4O3S/c1-11(19)13-3-6-22(7-4-13)16(23)9-14-10-26-18(20-14)21-17(24)15-5-8-25-12(15)2/h5,8,10-11,13H,3-4,6-7,9,19H2,1-2H3,(H,20,21,24). The summed E-state index contributed by atoms with van der Waals surface area (Å²) in [5.74, 6) is 0.861. The number of aryl methyl sites for hydroxylation is 1. The summed E-state index contributed by atoms with van der Waals surface area (Å²) in [5.41, 5.74) is 7.10. The lowest BCUT2D eigenvalue weighted by Gasteiger charge is -2.33. The molecule has 1 aliphatic rings. The normalized spacial score (nSPS) is 16.5. The molecule has 0 aliphatic carbocycles. The van der Waals surface area contributed by atoms with Crippen LogP contribution in [0.25, 0.3) is 0 Å². The molecule has 7 nitrogen and oxygen atoms in total. The molecule has 1 saturated heterocycles. The van der Waals surface area contributed by atoms with Crippen LogP contribution >= 0.6 is 11.3 Å². The summed E-state index contributed by atoms with van der Waals surface area (Å²) in [6.45, 7) is 5.25. The molecule has 1 aliphatic heterocycles. The van der Waals surface area contributed by atoms with Crippen LogP contribution in [0.5, 0.6) is 0 Å². The van der Waals surface area contributed by atoms with E-state index in [-0.39, 0.29) is 24.3 Å². The first-order chi connectivity index (χ1) is 12.4. The topological polar surface area (TPSA) is 101 Å². The molecule has 0 bridgehead atoms. The minimum absolute atomic E-state index is 0.0713. The first-order valence-electron chi connectivity index (χ1n) is 8.77. The fraction of sp³-hybridized carbons (Fsp3) is 0.500. The third-order valence-electron chi connectivity index (χ3n) is 4.84. The number of nitrogens with zero attached hydrogens (tertiary/aromatic N) is 2. The van der Waals surface area contributed by atoms with Gasteiger partial charge in [0.15, 0.2) is 5.13 Å². The molecule has 140 valence electrons. The van der Waals surface area contributed by atoms with Gasteiger partial charge in [-0.05, 0) is 38.7 Å². The highest BCUT2D eigenvalue weighted by atomic mass is 32.1. The molecule has 1 fully saturated rings. The predicted molar refractivity (Wildman–Crippen MR) is 100 cm³/mol. The number of thiazole rings is 1. The zero-order valence-electron chi connectivity index (χ0n) is 15.0. The third-order valence-corrected chi connectivity index (χ3v) is 5.65. The highest BCUT2D eigenvalue weighted by Crippen LogP contribution is 2.22. The van der Waals surface area contributed by atoms with Crippen molar-refractivity contribution in [1.82, 2.24) is 9.88 Å². The van der Waals surface area contributed by atoms with Crippen molar-refractivity contribution in [2.75, 3.05) is 18.4 Å². The van der Waals surface area contributed by atoms with Gasteiger partial charge in [0.1, 0.15) is 5.76 Å². The van der Waals surface area contributed by atoms with E-state index in [0.717, 1.165) is 25.9 Å². The Kier molecular flexibility index (Phi) is 5.73. The quantitative estimate of drug-likeness (QED) is 0.834. The van der Waals surface area contributed by atoms with Gasteiger partial charge in [0.25, 0.3) is 5.91 Å². The number of furan rings is 1. The molecule has 8 heteroatoms. The summed E-state index contributed by atoms with van der Waals surface area (Å²) in [6, 6.07) is 1.80. The van der Waals surface area contributed by atoms with Crippen molar-refractivity contribution in [3.05, 3.63) is 34.7 Å². The van der Waals surface area contributed by atoms with Gasteiger partial charge in [-0.15, -0.1) is 11.3 Å². The van der Waals surface area contributed by atoms with Crippen LogP contribution in [-0.4, -0.2) is 40.8 Å². The average molecular weight is 376 g/mol. The molecule has 0 aromatic carbocycles. The van der Waals surface area contributed by atoms with Crippen LogP contribution in [-0.2, 0) is 11.2 Å². The van der Waals surface area contributed by atoms with Gasteiger partial charge in [-0.2, -0.15) is 0 Å². The Morgan fingerprint density at radius 1 is 1.46 bits per heavy atom. The van der Waals surface area contributed by atoms with Crippen molar-refractivity contribution in [2.24, 2.45) is 11.7 Å². The van der Waals surface area contributed by atoms with Crippen molar-refractivity contribution >= 4 is 28.3 Å². The molecule has 1 atom stereocenters. The molecule has 2 amide bonds. The van der Waals surface area contributed by atoms with Crippen molar-refractivity contribution in [3.8, 4) is 0 Å². The number of nitrogens with two attached hydrogens (primary N) is 1. The van der Waals surface area contributed by atoms with E-state index in [0.29, 0.717) is 28.1 Å². The van der Waals surface area contributed by atoms with E-state index >= 15 is 0 Å². The number of anilines is 1. The molecule has 3 N–H and O–H groups in total. The summed E-state index contributed by atoms with van der Waals surface area (Å²) in [4.78, 5) is 30.9. The maximum atomic E-state index is 12.5. The molecule has 0 radical (unpaired) electrons. The number of hydrogen-bond acceptors (Lipinski definition) is 6. The zero-order chi connectivity index (χ0) is 18.7. The highest BCUT2D eigenvalue weighted by molar-refractivity contribution is 7.14. The Morgan fingerprint density at radius 3 is 2.81 bits per heavy atom. The smallest absolute Gasteiger partial charge is 0.260 e. The maximum Gasteiger partial charge on any atom is 0.260 e. The molecule has 3 rings (SSSR count). The van der Waals surface area contributed by atoms with Crippen molar-refractivity contribution in [3.63, 3.8) is 0 Å². The number of aromatic nitrogens is 1.